The number of benzene rings is 2. The van der Waals surface area contributed by atoms with Crippen molar-refractivity contribution in [2.24, 2.45) is 11.8 Å². The van der Waals surface area contributed by atoms with Gasteiger partial charge in [-0.3, -0.25) is 14.8 Å². The third-order valence-electron chi connectivity index (χ3n) is 8.39. The molecule has 0 aliphatic heterocycles. The van der Waals surface area contributed by atoms with E-state index in [9.17, 15) is 9.90 Å². The Morgan fingerprint density at radius 2 is 1.62 bits per heavy atom. The van der Waals surface area contributed by atoms with Crippen LogP contribution in [-0.4, -0.2) is 20.9 Å². The molecule has 2 aromatic carbocycles. The summed E-state index contributed by atoms with van der Waals surface area (Å²) in [7, 11) is 0. The van der Waals surface area contributed by atoms with Gasteiger partial charge in [0.15, 0.2) is 11.4 Å². The number of ketones is 1. The van der Waals surface area contributed by atoms with Gasteiger partial charge in [-0.05, 0) is 48.8 Å². The number of carbonyl (C=O) groups excluding carboxylic acids is 1. The molecule has 0 aliphatic rings. The zero-order valence-corrected chi connectivity index (χ0v) is 29.9. The minimum absolute atomic E-state index is 0. The van der Waals surface area contributed by atoms with Crippen LogP contribution in [0.3, 0.4) is 0 Å². The fraction of sp³-hybridized carbons (Fsp3) is 0.359. The number of hydrogen-bond donors (Lipinski definition) is 1. The largest absolute Gasteiger partial charge is 0.512 e. The molecule has 0 unspecified atom stereocenters. The third kappa shape index (κ3) is 8.56. The average molecular weight is 782 g/mol. The summed E-state index contributed by atoms with van der Waals surface area (Å²) in [6, 6.07) is 20.3. The van der Waals surface area contributed by atoms with Crippen LogP contribution in [0.2, 0.25) is 0 Å². The molecule has 1 N–H and O–H groups in total. The Morgan fingerprint density at radius 1 is 0.933 bits per heavy atom. The predicted octanol–water partition coefficient (Wildman–Crippen LogP) is 10.7. The molecule has 0 fully saturated rings. The molecule has 0 aliphatic carbocycles. The summed E-state index contributed by atoms with van der Waals surface area (Å²) < 4.78 is 5.51. The predicted molar refractivity (Wildman–Crippen MR) is 182 cm³/mol. The van der Waals surface area contributed by atoms with E-state index in [1.165, 1.54) is 17.0 Å². The first-order valence-electron chi connectivity index (χ1n) is 15.8. The van der Waals surface area contributed by atoms with Gasteiger partial charge in [0.05, 0.1) is 18.2 Å². The number of allylic oxidation sites excluding steroid dienone is 2. The molecule has 6 heteroatoms. The van der Waals surface area contributed by atoms with Crippen LogP contribution in [0.4, 0.5) is 0 Å². The third-order valence-corrected chi connectivity index (χ3v) is 8.39. The first kappa shape index (κ1) is 35.9. The second kappa shape index (κ2) is 16.1. The fourth-order valence-corrected chi connectivity index (χ4v) is 5.64. The van der Waals surface area contributed by atoms with Gasteiger partial charge in [0.25, 0.3) is 0 Å². The van der Waals surface area contributed by atoms with Gasteiger partial charge in [0, 0.05) is 67.1 Å². The van der Waals surface area contributed by atoms with E-state index in [1.807, 2.05) is 52.2 Å². The van der Waals surface area contributed by atoms with Crippen molar-refractivity contribution in [1.82, 2.24) is 9.97 Å². The van der Waals surface area contributed by atoms with Crippen LogP contribution in [0.15, 0.2) is 89.6 Å². The van der Waals surface area contributed by atoms with Gasteiger partial charge in [0.2, 0.25) is 0 Å². The van der Waals surface area contributed by atoms with E-state index in [-0.39, 0.29) is 48.9 Å². The first-order chi connectivity index (χ1) is 21.1. The van der Waals surface area contributed by atoms with Gasteiger partial charge in [0.1, 0.15) is 0 Å². The summed E-state index contributed by atoms with van der Waals surface area (Å²) in [5.41, 5.74) is 6.11. The van der Waals surface area contributed by atoms with E-state index in [1.54, 1.807) is 12.5 Å². The molecule has 5 aromatic rings. The summed E-state index contributed by atoms with van der Waals surface area (Å²) in [5.74, 6) is 0.547. The van der Waals surface area contributed by atoms with Crippen LogP contribution < -0.4 is 0 Å². The van der Waals surface area contributed by atoms with Crippen LogP contribution in [0.5, 0.6) is 0 Å². The number of nitrogens with zero attached hydrogens (tertiary/aromatic N) is 2. The summed E-state index contributed by atoms with van der Waals surface area (Å²) in [6.07, 6.45) is 12.1. The number of rotatable bonds is 9. The molecule has 239 valence electrons. The number of aliphatic hydroxyl groups is 1. The van der Waals surface area contributed by atoms with Crippen molar-refractivity contribution in [3.05, 3.63) is 96.8 Å². The van der Waals surface area contributed by atoms with Gasteiger partial charge < -0.3 is 9.52 Å². The standard InChI is InChI=1S/C26H21N2O.C13H24O2.Ir/c1-26(2,3)23-13-19(12-17-6-4-5-7-20(17)23)24-14-18(8-10-28-24)22-15-27-16-25-21(22)9-11-29-25;1-5-10(6-2)12(14)9-13(15)11(7-3)8-4;/h4-11,13-16H,1-3H3;9-11,14H,5-8H2,1-4H3;/q-1;;/b;12-9-;. The monoisotopic (exact) mass is 782 g/mol. The zero-order chi connectivity index (χ0) is 31.9. The number of aromatic nitrogens is 2. The van der Waals surface area contributed by atoms with E-state index >= 15 is 0 Å². The molecule has 5 rings (SSSR count). The summed E-state index contributed by atoms with van der Waals surface area (Å²) in [4.78, 5) is 20.7. The maximum atomic E-state index is 11.7. The molecule has 0 atom stereocenters. The Labute approximate surface area is 281 Å². The summed E-state index contributed by atoms with van der Waals surface area (Å²) in [6.45, 7) is 14.8. The molecular formula is C39H45IrN2O3-. The van der Waals surface area contributed by atoms with E-state index in [4.69, 9.17) is 4.42 Å². The number of hydrogen-bond acceptors (Lipinski definition) is 5. The molecule has 45 heavy (non-hydrogen) atoms. The molecule has 5 nitrogen and oxygen atoms in total. The van der Waals surface area contributed by atoms with Crippen LogP contribution in [-0.2, 0) is 30.3 Å². The molecule has 0 amide bonds. The maximum Gasteiger partial charge on any atom is 0.162 e. The Hall–Kier alpha value is -3.60. The molecule has 3 heterocycles. The Bertz CT molecular complexity index is 1740. The Balaban J connectivity index is 0.000000297. The van der Waals surface area contributed by atoms with Gasteiger partial charge >= 0.3 is 0 Å². The number of pyridine rings is 2. The Kier molecular flexibility index (Phi) is 12.8. The topological polar surface area (TPSA) is 76.2 Å². The second-order valence-corrected chi connectivity index (χ2v) is 12.3. The van der Waals surface area contributed by atoms with Crippen molar-refractivity contribution in [3.63, 3.8) is 0 Å². The van der Waals surface area contributed by atoms with E-state index < -0.39 is 0 Å². The fourth-order valence-electron chi connectivity index (χ4n) is 5.64. The van der Waals surface area contributed by atoms with Gasteiger partial charge in [-0.25, -0.2) is 0 Å². The van der Waals surface area contributed by atoms with Crippen molar-refractivity contribution < 1.29 is 34.4 Å². The molecular weight excluding hydrogens is 737 g/mol. The van der Waals surface area contributed by atoms with Crippen molar-refractivity contribution in [3.8, 4) is 22.4 Å². The minimum Gasteiger partial charge on any atom is -0.512 e. The molecule has 1 radical (unpaired) electrons. The zero-order valence-electron chi connectivity index (χ0n) is 27.5. The van der Waals surface area contributed by atoms with Crippen LogP contribution in [0, 0.1) is 17.9 Å². The number of furan rings is 1. The van der Waals surface area contributed by atoms with Crippen molar-refractivity contribution in [2.45, 2.75) is 79.6 Å². The number of fused-ring (bicyclic) bond motifs is 2. The van der Waals surface area contributed by atoms with Crippen molar-refractivity contribution in [2.75, 3.05) is 0 Å². The van der Waals surface area contributed by atoms with Gasteiger partial charge in [-0.15, -0.1) is 29.1 Å². The molecule has 0 saturated heterocycles. The SMILES string of the molecule is CC(C)(C)c1cc(-c2cc(-c3cncc4occc34)ccn2)[c-]c2ccccc12.CCC(CC)C(=O)/C=C(\O)C(CC)CC.[Ir]. The van der Waals surface area contributed by atoms with Crippen LogP contribution in [0.1, 0.15) is 79.7 Å². The number of aliphatic hydroxyl groups excluding tert-OH is 1. The van der Waals surface area contributed by atoms with Gasteiger partial charge in [-0.1, -0.05) is 83.7 Å². The van der Waals surface area contributed by atoms with Gasteiger partial charge in [-0.2, -0.15) is 0 Å². The molecule has 0 bridgehead atoms. The smallest absolute Gasteiger partial charge is 0.162 e. The summed E-state index contributed by atoms with van der Waals surface area (Å²) >= 11 is 0. The van der Waals surface area contributed by atoms with E-state index in [2.05, 4.69) is 73.2 Å². The second-order valence-electron chi connectivity index (χ2n) is 12.3. The molecule has 3 aromatic heterocycles. The van der Waals surface area contributed by atoms with E-state index in [0.717, 1.165) is 64.4 Å². The first-order valence-corrected chi connectivity index (χ1v) is 15.8. The van der Waals surface area contributed by atoms with Crippen LogP contribution >= 0.6 is 0 Å². The van der Waals surface area contributed by atoms with Crippen molar-refractivity contribution >= 4 is 27.5 Å². The summed E-state index contributed by atoms with van der Waals surface area (Å²) in [5, 5.41) is 13.2. The van der Waals surface area contributed by atoms with Crippen molar-refractivity contribution in [1.29, 1.82) is 0 Å². The van der Waals surface area contributed by atoms with Crippen LogP contribution in [0.25, 0.3) is 44.1 Å². The quantitative estimate of drug-likeness (QED) is 0.0916. The average Bonchev–Trinajstić information content (AvgIpc) is 3.51. The normalized spacial score (nSPS) is 11.9. The minimum atomic E-state index is 0. The molecule has 0 saturated carbocycles. The number of carbonyl (C=O) groups is 1. The Morgan fingerprint density at radius 3 is 2.29 bits per heavy atom. The van der Waals surface area contributed by atoms with E-state index in [0.29, 0.717) is 0 Å². The maximum absolute atomic E-state index is 11.7. The molecule has 0 spiro atoms.